The Hall–Kier alpha value is -1.43. The number of amides is 2. The van der Waals surface area contributed by atoms with E-state index in [4.69, 9.17) is 4.74 Å². The number of carbonyl (C=O) groups is 3. The Morgan fingerprint density at radius 2 is 1.37 bits per heavy atom. The lowest BCUT2D eigenvalue weighted by Gasteiger charge is -2.34. The third-order valence-corrected chi connectivity index (χ3v) is 3.20. The highest BCUT2D eigenvalue weighted by atomic mass is 16.5. The number of hydrogen-bond donors (Lipinski definition) is 0. The van der Waals surface area contributed by atoms with Crippen LogP contribution in [0, 0.1) is 0 Å². The molecule has 0 atom stereocenters. The Morgan fingerprint density at radius 3 is 1.79 bits per heavy atom. The van der Waals surface area contributed by atoms with Crippen LogP contribution in [0.2, 0.25) is 0 Å². The van der Waals surface area contributed by atoms with Crippen LogP contribution in [0.4, 0.5) is 0 Å². The number of ether oxygens (including phenoxy) is 1. The van der Waals surface area contributed by atoms with Crippen molar-refractivity contribution in [1.29, 1.82) is 0 Å². The van der Waals surface area contributed by atoms with E-state index in [-0.39, 0.29) is 24.0 Å². The van der Waals surface area contributed by atoms with Gasteiger partial charge in [-0.05, 0) is 6.92 Å². The summed E-state index contributed by atoms with van der Waals surface area (Å²) in [4.78, 5) is 37.9. The lowest BCUT2D eigenvalue weighted by Crippen LogP contribution is -2.50. The fourth-order valence-electron chi connectivity index (χ4n) is 1.99. The summed E-state index contributed by atoms with van der Waals surface area (Å²) in [5, 5.41) is 0. The molecule has 0 aliphatic carbocycles. The first kappa shape index (κ1) is 15.6. The van der Waals surface area contributed by atoms with Gasteiger partial charge in [0.25, 0.3) is 0 Å². The van der Waals surface area contributed by atoms with Gasteiger partial charge in [0.05, 0.1) is 13.0 Å². The van der Waals surface area contributed by atoms with Crippen molar-refractivity contribution < 1.29 is 19.1 Å². The predicted molar refractivity (Wildman–Crippen MR) is 69.6 cm³/mol. The van der Waals surface area contributed by atoms with Gasteiger partial charge in [-0.15, -0.1) is 0 Å². The molecule has 6 heteroatoms. The van der Waals surface area contributed by atoms with Crippen LogP contribution in [0.3, 0.4) is 0 Å². The van der Waals surface area contributed by atoms with Crippen LogP contribution in [0.25, 0.3) is 0 Å². The highest BCUT2D eigenvalue weighted by Gasteiger charge is 2.23. The molecule has 0 aromatic rings. The van der Waals surface area contributed by atoms with E-state index in [1.165, 1.54) is 6.92 Å². The van der Waals surface area contributed by atoms with Crippen molar-refractivity contribution in [1.82, 2.24) is 9.80 Å². The van der Waals surface area contributed by atoms with Gasteiger partial charge in [0.15, 0.2) is 0 Å². The number of carbonyl (C=O) groups excluding carboxylic acids is 3. The molecule has 1 aliphatic heterocycles. The fourth-order valence-corrected chi connectivity index (χ4v) is 1.99. The molecule has 0 bridgehead atoms. The minimum atomic E-state index is -0.000750. The fraction of sp³-hybridized carbons (Fsp3) is 0.769. The Balaban J connectivity index is 2.30. The standard InChI is InChI=1S/C13H22N2O4/c1-11(16)3-4-12(17)14-6-8-15(9-7-14)13(18)5-10-19-2/h3-10H2,1-2H3. The van der Waals surface area contributed by atoms with Crippen LogP contribution in [0.15, 0.2) is 0 Å². The molecule has 2 amide bonds. The number of rotatable bonds is 6. The van der Waals surface area contributed by atoms with Gasteiger partial charge in [0, 0.05) is 46.1 Å². The van der Waals surface area contributed by atoms with E-state index in [1.807, 2.05) is 0 Å². The first-order chi connectivity index (χ1) is 9.04. The van der Waals surface area contributed by atoms with Gasteiger partial charge in [-0.3, -0.25) is 9.59 Å². The summed E-state index contributed by atoms with van der Waals surface area (Å²) in [7, 11) is 1.57. The minimum absolute atomic E-state index is 0.000750. The van der Waals surface area contributed by atoms with Gasteiger partial charge in [0.2, 0.25) is 11.8 Å². The molecule has 0 radical (unpaired) electrons. The molecule has 6 nitrogen and oxygen atoms in total. The summed E-state index contributed by atoms with van der Waals surface area (Å²) in [6.45, 7) is 4.14. The molecule has 0 N–H and O–H groups in total. The smallest absolute Gasteiger partial charge is 0.225 e. The number of piperazine rings is 1. The largest absolute Gasteiger partial charge is 0.384 e. The molecular weight excluding hydrogens is 248 g/mol. The van der Waals surface area contributed by atoms with Crippen molar-refractivity contribution in [3.8, 4) is 0 Å². The van der Waals surface area contributed by atoms with Crippen molar-refractivity contribution in [3.05, 3.63) is 0 Å². The number of nitrogens with zero attached hydrogens (tertiary/aromatic N) is 2. The molecule has 108 valence electrons. The Kier molecular flexibility index (Phi) is 6.49. The second-order valence-corrected chi connectivity index (χ2v) is 4.71. The van der Waals surface area contributed by atoms with E-state index < -0.39 is 0 Å². The molecule has 1 heterocycles. The predicted octanol–water partition coefficient (Wildman–Crippen LogP) is 0.0629. The lowest BCUT2D eigenvalue weighted by atomic mass is 10.2. The number of Topliss-reactive ketones (excluding diaryl/α,β-unsaturated/α-hetero) is 1. The van der Waals surface area contributed by atoms with Crippen LogP contribution in [-0.4, -0.2) is 67.3 Å². The van der Waals surface area contributed by atoms with Crippen LogP contribution in [-0.2, 0) is 19.1 Å². The van der Waals surface area contributed by atoms with E-state index in [9.17, 15) is 14.4 Å². The van der Waals surface area contributed by atoms with Crippen molar-refractivity contribution in [2.45, 2.75) is 26.2 Å². The average molecular weight is 270 g/mol. The maximum Gasteiger partial charge on any atom is 0.225 e. The van der Waals surface area contributed by atoms with E-state index in [0.717, 1.165) is 0 Å². The molecule has 0 spiro atoms. The zero-order chi connectivity index (χ0) is 14.3. The molecule has 1 fully saturated rings. The SMILES string of the molecule is COCCC(=O)N1CCN(C(=O)CCC(C)=O)CC1. The Morgan fingerprint density at radius 1 is 0.895 bits per heavy atom. The quantitative estimate of drug-likeness (QED) is 0.684. The molecule has 1 rings (SSSR count). The van der Waals surface area contributed by atoms with E-state index in [1.54, 1.807) is 16.9 Å². The maximum absolute atomic E-state index is 11.8. The summed E-state index contributed by atoms with van der Waals surface area (Å²) in [6, 6.07) is 0. The third kappa shape index (κ3) is 5.38. The molecule has 0 unspecified atom stereocenters. The Bertz CT molecular complexity index is 336. The van der Waals surface area contributed by atoms with Gasteiger partial charge in [0.1, 0.15) is 5.78 Å². The number of methoxy groups -OCH3 is 1. The third-order valence-electron chi connectivity index (χ3n) is 3.20. The second kappa shape index (κ2) is 7.89. The van der Waals surface area contributed by atoms with Gasteiger partial charge in [-0.1, -0.05) is 0 Å². The summed E-state index contributed by atoms with van der Waals surface area (Å²) < 4.78 is 4.87. The van der Waals surface area contributed by atoms with Gasteiger partial charge < -0.3 is 19.3 Å². The molecule has 1 aliphatic rings. The molecule has 0 aromatic heterocycles. The topological polar surface area (TPSA) is 66.9 Å². The van der Waals surface area contributed by atoms with Crippen molar-refractivity contribution in [3.63, 3.8) is 0 Å². The lowest BCUT2D eigenvalue weighted by molar-refractivity contribution is -0.140. The van der Waals surface area contributed by atoms with Gasteiger partial charge >= 0.3 is 0 Å². The van der Waals surface area contributed by atoms with Crippen molar-refractivity contribution in [2.24, 2.45) is 0 Å². The Labute approximate surface area is 113 Å². The van der Waals surface area contributed by atoms with Crippen molar-refractivity contribution in [2.75, 3.05) is 39.9 Å². The summed E-state index contributed by atoms with van der Waals surface area (Å²) >= 11 is 0. The van der Waals surface area contributed by atoms with Crippen LogP contribution < -0.4 is 0 Å². The highest BCUT2D eigenvalue weighted by Crippen LogP contribution is 2.07. The molecular formula is C13H22N2O4. The van der Waals surface area contributed by atoms with E-state index >= 15 is 0 Å². The monoisotopic (exact) mass is 270 g/mol. The van der Waals surface area contributed by atoms with Crippen LogP contribution in [0.5, 0.6) is 0 Å². The minimum Gasteiger partial charge on any atom is -0.384 e. The van der Waals surface area contributed by atoms with Crippen LogP contribution >= 0.6 is 0 Å². The number of hydrogen-bond acceptors (Lipinski definition) is 4. The first-order valence-corrected chi connectivity index (χ1v) is 6.58. The average Bonchev–Trinajstić information content (AvgIpc) is 2.42. The highest BCUT2D eigenvalue weighted by molar-refractivity contribution is 5.84. The zero-order valence-corrected chi connectivity index (χ0v) is 11.7. The summed E-state index contributed by atoms with van der Waals surface area (Å²) in [5.74, 6) is 0.0959. The molecule has 0 aromatic carbocycles. The van der Waals surface area contributed by atoms with E-state index in [0.29, 0.717) is 45.6 Å². The second-order valence-electron chi connectivity index (χ2n) is 4.71. The summed E-state index contributed by atoms with van der Waals surface area (Å²) in [5.41, 5.74) is 0. The summed E-state index contributed by atoms with van der Waals surface area (Å²) in [6.07, 6.45) is 0.952. The van der Waals surface area contributed by atoms with Gasteiger partial charge in [-0.2, -0.15) is 0 Å². The number of ketones is 1. The molecule has 19 heavy (non-hydrogen) atoms. The normalized spacial score (nSPS) is 15.5. The van der Waals surface area contributed by atoms with Crippen molar-refractivity contribution >= 4 is 17.6 Å². The van der Waals surface area contributed by atoms with E-state index in [2.05, 4.69) is 0 Å². The van der Waals surface area contributed by atoms with Gasteiger partial charge in [-0.25, -0.2) is 0 Å². The first-order valence-electron chi connectivity index (χ1n) is 6.58. The molecule has 0 saturated carbocycles. The maximum atomic E-state index is 11.8. The zero-order valence-electron chi connectivity index (χ0n) is 11.7. The molecule has 1 saturated heterocycles. The van der Waals surface area contributed by atoms with Crippen LogP contribution in [0.1, 0.15) is 26.2 Å².